The van der Waals surface area contributed by atoms with Crippen molar-refractivity contribution in [3.05, 3.63) is 72.4 Å². The number of nitrogens with one attached hydrogen (secondary N) is 2. The highest BCUT2D eigenvalue weighted by Crippen LogP contribution is 2.54. The lowest BCUT2D eigenvalue weighted by Gasteiger charge is -2.29. The molecule has 3 aromatic carbocycles. The zero-order chi connectivity index (χ0) is 31.5. The van der Waals surface area contributed by atoms with Crippen molar-refractivity contribution in [3.63, 3.8) is 0 Å². The number of likely N-dealkylation sites (tertiary alicyclic amines) is 2. The molecule has 4 heterocycles. The van der Waals surface area contributed by atoms with Crippen molar-refractivity contribution in [3.8, 4) is 22.4 Å². The standard InChI is InChI=1S/C36H36N6O4/c1-36(2,3)46-35(45)42-29-14-24(29)16-31(42)33-38-25-9-8-21(12-26(25)39-33)19-4-5-20-11-22(7-6-18(20)10-19)27-17-37-32(40-27)30-15-23-13-28(23)41(30)34(43)44/h4-12,17,23-24,28-31H,13-16H2,1-3H3,(H,37,40)(H,38,39)(H,43,44)/t23-,24+,28-,29-,30+,31+/m1/s1. The first-order chi connectivity index (χ1) is 22.1. The van der Waals surface area contributed by atoms with Gasteiger partial charge in [-0.15, -0.1) is 0 Å². The Bertz CT molecular complexity index is 2060. The van der Waals surface area contributed by atoms with Crippen molar-refractivity contribution in [2.45, 2.75) is 76.2 Å². The molecule has 9 rings (SSSR count). The Balaban J connectivity index is 0.959. The van der Waals surface area contributed by atoms with Crippen LogP contribution in [0.25, 0.3) is 44.2 Å². The molecule has 3 N–H and O–H groups in total. The number of hydrogen-bond donors (Lipinski definition) is 3. The normalized spacial score (nSPS) is 26.4. The molecule has 2 saturated heterocycles. The smallest absolute Gasteiger partial charge is 0.411 e. The minimum Gasteiger partial charge on any atom is -0.465 e. The number of rotatable bonds is 4. The van der Waals surface area contributed by atoms with Gasteiger partial charge in [0.1, 0.15) is 17.2 Å². The fraction of sp³-hybridized carbons (Fsp3) is 0.389. The van der Waals surface area contributed by atoms with Crippen LogP contribution in [0.2, 0.25) is 0 Å². The van der Waals surface area contributed by atoms with Crippen molar-refractivity contribution in [2.24, 2.45) is 11.8 Å². The van der Waals surface area contributed by atoms with Crippen LogP contribution in [0.1, 0.15) is 70.2 Å². The SMILES string of the molecule is CC(C)(C)OC(=O)N1[C@@H]2C[C@H]2C[C@H]1c1nc2ccc(-c3ccc4cc(-c5cnc([C@@H]6C[C@H]7C[C@H]7N6C(=O)O)[nH]5)ccc4c3)cc2[nH]1. The van der Waals surface area contributed by atoms with E-state index in [4.69, 9.17) is 9.72 Å². The first-order valence-electron chi connectivity index (χ1n) is 16.2. The Morgan fingerprint density at radius 1 is 0.804 bits per heavy atom. The molecule has 10 heteroatoms. The molecule has 4 aliphatic rings. The van der Waals surface area contributed by atoms with Gasteiger partial charge in [0.15, 0.2) is 0 Å². The van der Waals surface area contributed by atoms with Gasteiger partial charge in [0.2, 0.25) is 0 Å². The summed E-state index contributed by atoms with van der Waals surface area (Å²) in [6, 6.07) is 19.2. The summed E-state index contributed by atoms with van der Waals surface area (Å²) in [6.07, 6.45) is 4.44. The second kappa shape index (κ2) is 9.57. The lowest BCUT2D eigenvalue weighted by molar-refractivity contribution is 0.0175. The predicted molar refractivity (Wildman–Crippen MR) is 173 cm³/mol. The first-order valence-corrected chi connectivity index (χ1v) is 16.2. The average Bonchev–Trinajstić information content (AvgIpc) is 3.64. The molecule has 0 spiro atoms. The van der Waals surface area contributed by atoms with Crippen molar-refractivity contribution >= 4 is 34.0 Å². The van der Waals surface area contributed by atoms with E-state index in [2.05, 4.69) is 63.5 Å². The molecule has 2 aromatic heterocycles. The third kappa shape index (κ3) is 4.53. The molecule has 4 fully saturated rings. The highest BCUT2D eigenvalue weighted by Gasteiger charge is 2.57. The number of aromatic amines is 2. The summed E-state index contributed by atoms with van der Waals surface area (Å²) in [5.74, 6) is 2.53. The van der Waals surface area contributed by atoms with E-state index in [-0.39, 0.29) is 30.3 Å². The number of piperidine rings is 2. The van der Waals surface area contributed by atoms with E-state index < -0.39 is 11.7 Å². The summed E-state index contributed by atoms with van der Waals surface area (Å²) >= 11 is 0. The Morgan fingerprint density at radius 2 is 1.43 bits per heavy atom. The predicted octanol–water partition coefficient (Wildman–Crippen LogP) is 7.66. The molecule has 5 aromatic rings. The molecule has 2 amide bonds. The fourth-order valence-corrected chi connectivity index (χ4v) is 7.87. The number of benzene rings is 3. The summed E-state index contributed by atoms with van der Waals surface area (Å²) in [7, 11) is 0. The Labute approximate surface area is 265 Å². The van der Waals surface area contributed by atoms with Crippen LogP contribution in [-0.2, 0) is 4.74 Å². The molecule has 10 nitrogen and oxygen atoms in total. The molecule has 0 bridgehead atoms. The topological polar surface area (TPSA) is 127 Å². The van der Waals surface area contributed by atoms with Crippen molar-refractivity contribution < 1.29 is 19.4 Å². The summed E-state index contributed by atoms with van der Waals surface area (Å²) < 4.78 is 5.75. The van der Waals surface area contributed by atoms with Gasteiger partial charge in [-0.2, -0.15) is 0 Å². The monoisotopic (exact) mass is 616 g/mol. The van der Waals surface area contributed by atoms with Crippen LogP contribution >= 0.6 is 0 Å². The van der Waals surface area contributed by atoms with Crippen molar-refractivity contribution in [1.82, 2.24) is 29.7 Å². The molecule has 6 atom stereocenters. The van der Waals surface area contributed by atoms with Gasteiger partial charge in [-0.3, -0.25) is 9.80 Å². The third-order valence-electron chi connectivity index (χ3n) is 10.2. The third-order valence-corrected chi connectivity index (χ3v) is 10.2. The van der Waals surface area contributed by atoms with Crippen LogP contribution < -0.4 is 0 Å². The number of hydrogen-bond acceptors (Lipinski definition) is 5. The largest absolute Gasteiger partial charge is 0.465 e. The number of nitrogens with zero attached hydrogens (tertiary/aromatic N) is 4. The number of carbonyl (C=O) groups excluding carboxylic acids is 1. The number of imidazole rings is 2. The van der Waals surface area contributed by atoms with E-state index in [1.807, 2.05) is 37.9 Å². The van der Waals surface area contributed by atoms with Gasteiger partial charge in [-0.1, -0.05) is 30.3 Å². The second-order valence-electron chi connectivity index (χ2n) is 14.5. The molecule has 2 aliphatic carbocycles. The summed E-state index contributed by atoms with van der Waals surface area (Å²) in [4.78, 5) is 44.8. The number of aromatic nitrogens is 4. The lowest BCUT2D eigenvalue weighted by Crippen LogP contribution is -2.38. The number of carboxylic acid groups (broad SMARTS) is 1. The average molecular weight is 617 g/mol. The van der Waals surface area contributed by atoms with Crippen LogP contribution in [-0.4, -0.2) is 64.7 Å². The Morgan fingerprint density at radius 3 is 2.15 bits per heavy atom. The maximum Gasteiger partial charge on any atom is 0.411 e. The molecule has 2 saturated carbocycles. The second-order valence-corrected chi connectivity index (χ2v) is 14.5. The molecular formula is C36H36N6O4. The Kier molecular flexibility index (Phi) is 5.71. The number of H-pyrrole nitrogens is 2. The number of fused-ring (bicyclic) bond motifs is 4. The van der Waals surface area contributed by atoms with E-state index in [0.29, 0.717) is 11.8 Å². The van der Waals surface area contributed by atoms with Gasteiger partial charge < -0.3 is 19.8 Å². The van der Waals surface area contributed by atoms with Crippen LogP contribution in [0.15, 0.2) is 60.8 Å². The van der Waals surface area contributed by atoms with Gasteiger partial charge in [0, 0.05) is 17.6 Å². The highest BCUT2D eigenvalue weighted by atomic mass is 16.6. The van der Waals surface area contributed by atoms with Gasteiger partial charge in [0.25, 0.3) is 0 Å². The van der Waals surface area contributed by atoms with Crippen LogP contribution in [0.4, 0.5) is 9.59 Å². The van der Waals surface area contributed by atoms with E-state index in [9.17, 15) is 14.7 Å². The van der Waals surface area contributed by atoms with Crippen LogP contribution in [0.3, 0.4) is 0 Å². The molecule has 0 radical (unpaired) electrons. The minimum atomic E-state index is -0.864. The summed E-state index contributed by atoms with van der Waals surface area (Å²) in [5, 5.41) is 12.0. The molecule has 0 unspecified atom stereocenters. The van der Waals surface area contributed by atoms with Crippen molar-refractivity contribution in [1.29, 1.82) is 0 Å². The number of ether oxygens (including phenoxy) is 1. The zero-order valence-corrected chi connectivity index (χ0v) is 26.0. The molecule has 2 aliphatic heterocycles. The van der Waals surface area contributed by atoms with Crippen LogP contribution in [0, 0.1) is 11.8 Å². The van der Waals surface area contributed by atoms with Gasteiger partial charge >= 0.3 is 12.2 Å². The molecule has 46 heavy (non-hydrogen) atoms. The van der Waals surface area contributed by atoms with Crippen molar-refractivity contribution in [2.75, 3.05) is 0 Å². The number of carbonyl (C=O) groups is 2. The fourth-order valence-electron chi connectivity index (χ4n) is 7.87. The van der Waals surface area contributed by atoms with Crippen LogP contribution in [0.5, 0.6) is 0 Å². The number of amides is 2. The van der Waals surface area contributed by atoms with Gasteiger partial charge in [-0.25, -0.2) is 19.6 Å². The maximum atomic E-state index is 13.1. The quantitative estimate of drug-likeness (QED) is 0.190. The van der Waals surface area contributed by atoms with E-state index in [1.165, 1.54) is 0 Å². The maximum absolute atomic E-state index is 13.1. The van der Waals surface area contributed by atoms with E-state index in [1.54, 1.807) is 4.90 Å². The minimum absolute atomic E-state index is 0.102. The first kappa shape index (κ1) is 27.5. The summed E-state index contributed by atoms with van der Waals surface area (Å²) in [5.41, 5.74) is 5.38. The molecule has 234 valence electrons. The zero-order valence-electron chi connectivity index (χ0n) is 26.0. The lowest BCUT2D eigenvalue weighted by atomic mass is 9.99. The van der Waals surface area contributed by atoms with E-state index in [0.717, 1.165) is 81.5 Å². The summed E-state index contributed by atoms with van der Waals surface area (Å²) in [6.45, 7) is 5.71. The molecular weight excluding hydrogens is 580 g/mol. The highest BCUT2D eigenvalue weighted by molar-refractivity contribution is 5.92. The Hall–Kier alpha value is -4.86. The van der Waals surface area contributed by atoms with Gasteiger partial charge in [0.05, 0.1) is 35.0 Å². The van der Waals surface area contributed by atoms with E-state index >= 15 is 0 Å². The van der Waals surface area contributed by atoms with Gasteiger partial charge in [-0.05, 0) is 104 Å².